The van der Waals surface area contributed by atoms with Gasteiger partial charge >= 0.3 is 0 Å². The lowest BCUT2D eigenvalue weighted by atomic mass is 10.1. The van der Waals surface area contributed by atoms with E-state index in [2.05, 4.69) is 13.8 Å². The minimum absolute atomic E-state index is 0.0567. The van der Waals surface area contributed by atoms with E-state index in [0.717, 1.165) is 11.8 Å². The molecular weight excluding hydrogens is 286 g/mol. The van der Waals surface area contributed by atoms with E-state index in [1.807, 2.05) is 0 Å². The fourth-order valence-corrected chi connectivity index (χ4v) is 4.87. The lowest BCUT2D eigenvalue weighted by Gasteiger charge is -2.30. The van der Waals surface area contributed by atoms with Crippen molar-refractivity contribution in [2.24, 2.45) is 0 Å². The molecule has 1 heterocycles. The molecule has 0 N–H and O–H groups in total. The number of hydrogen-bond donors (Lipinski definition) is 0. The number of ketones is 1. The Hall–Kier alpha value is -0.550. The fourth-order valence-electron chi connectivity index (χ4n) is 1.98. The van der Waals surface area contributed by atoms with Crippen LogP contribution in [-0.2, 0) is 11.2 Å². The van der Waals surface area contributed by atoms with Crippen molar-refractivity contribution < 1.29 is 13.6 Å². The van der Waals surface area contributed by atoms with E-state index in [9.17, 15) is 13.6 Å². The molecule has 0 spiro atoms. The number of halogens is 2. The van der Waals surface area contributed by atoms with Gasteiger partial charge in [-0.25, -0.2) is 8.78 Å². The van der Waals surface area contributed by atoms with Gasteiger partial charge in [-0.3, -0.25) is 4.79 Å². The van der Waals surface area contributed by atoms with Gasteiger partial charge in [0.25, 0.3) is 0 Å². The first-order valence-electron chi connectivity index (χ1n) is 6.20. The second kappa shape index (κ2) is 6.27. The highest BCUT2D eigenvalue weighted by molar-refractivity contribution is 8.08. The number of carbonyl (C=O) groups is 1. The van der Waals surface area contributed by atoms with Crippen LogP contribution in [0.3, 0.4) is 0 Å². The Morgan fingerprint density at radius 1 is 1.21 bits per heavy atom. The van der Waals surface area contributed by atoms with E-state index in [4.69, 9.17) is 0 Å². The van der Waals surface area contributed by atoms with Crippen molar-refractivity contribution >= 4 is 29.3 Å². The second-order valence-corrected chi connectivity index (χ2v) is 7.78. The fraction of sp³-hybridized carbons (Fsp3) is 0.500. The molecule has 1 fully saturated rings. The zero-order valence-corrected chi connectivity index (χ0v) is 12.5. The molecular formula is C14H16F2OS2. The van der Waals surface area contributed by atoms with Crippen LogP contribution in [0.1, 0.15) is 19.4 Å². The molecule has 1 aliphatic heterocycles. The van der Waals surface area contributed by atoms with Crippen LogP contribution in [0.25, 0.3) is 0 Å². The maximum Gasteiger partial charge on any atom is 0.151 e. The SMILES string of the molecule is CC1SCC(C(=O)Cc2cc(F)cc(F)c2)SC1C. The van der Waals surface area contributed by atoms with Gasteiger partial charge in [-0.15, -0.1) is 11.8 Å². The zero-order valence-electron chi connectivity index (χ0n) is 10.9. The van der Waals surface area contributed by atoms with E-state index in [1.165, 1.54) is 12.1 Å². The third-order valence-corrected chi connectivity index (χ3v) is 6.65. The molecule has 1 aromatic rings. The first kappa shape index (κ1) is 14.9. The van der Waals surface area contributed by atoms with E-state index < -0.39 is 11.6 Å². The largest absolute Gasteiger partial charge is 0.298 e. The molecule has 1 saturated heterocycles. The van der Waals surface area contributed by atoms with Crippen LogP contribution >= 0.6 is 23.5 Å². The lowest BCUT2D eigenvalue weighted by molar-refractivity contribution is -0.117. The van der Waals surface area contributed by atoms with Gasteiger partial charge in [0.1, 0.15) is 11.6 Å². The number of carbonyl (C=O) groups excluding carboxylic acids is 1. The summed E-state index contributed by atoms with van der Waals surface area (Å²) in [5, 5.41) is 0.903. The third-order valence-electron chi connectivity index (χ3n) is 3.21. The van der Waals surface area contributed by atoms with Crippen molar-refractivity contribution in [3.05, 3.63) is 35.4 Å². The molecule has 1 nitrogen and oxygen atoms in total. The molecule has 1 aliphatic rings. The molecule has 0 saturated carbocycles. The second-order valence-electron chi connectivity index (χ2n) is 4.79. The van der Waals surface area contributed by atoms with Gasteiger partial charge in [-0.2, -0.15) is 11.8 Å². The summed E-state index contributed by atoms with van der Waals surface area (Å²) in [5.41, 5.74) is 0.416. The quantitative estimate of drug-likeness (QED) is 0.847. The van der Waals surface area contributed by atoms with Crippen molar-refractivity contribution in [3.8, 4) is 0 Å². The van der Waals surface area contributed by atoms with Crippen molar-refractivity contribution in [2.75, 3.05) is 5.75 Å². The van der Waals surface area contributed by atoms with Gasteiger partial charge in [-0.05, 0) is 17.7 Å². The van der Waals surface area contributed by atoms with Crippen LogP contribution in [0.15, 0.2) is 18.2 Å². The number of Topliss-reactive ketones (excluding diaryl/α,β-unsaturated/α-hetero) is 1. The predicted molar refractivity (Wildman–Crippen MR) is 77.8 cm³/mol. The van der Waals surface area contributed by atoms with Crippen LogP contribution in [0.4, 0.5) is 8.78 Å². The van der Waals surface area contributed by atoms with Gasteiger partial charge < -0.3 is 0 Å². The summed E-state index contributed by atoms with van der Waals surface area (Å²) in [6, 6.07) is 3.28. The van der Waals surface area contributed by atoms with Gasteiger partial charge in [0.15, 0.2) is 5.78 Å². The summed E-state index contributed by atoms with van der Waals surface area (Å²) in [6.07, 6.45) is 0.105. The number of rotatable bonds is 3. The molecule has 19 heavy (non-hydrogen) atoms. The Balaban J connectivity index is 2.01. The van der Waals surface area contributed by atoms with Crippen LogP contribution in [0.2, 0.25) is 0 Å². The molecule has 3 unspecified atom stereocenters. The Bertz CT molecular complexity index is 458. The monoisotopic (exact) mass is 302 g/mol. The topological polar surface area (TPSA) is 17.1 Å². The number of benzene rings is 1. The predicted octanol–water partition coefficient (Wildman–Crippen LogP) is 3.70. The normalized spacial score (nSPS) is 27.3. The highest BCUT2D eigenvalue weighted by atomic mass is 32.2. The van der Waals surface area contributed by atoms with E-state index in [0.29, 0.717) is 16.1 Å². The minimum atomic E-state index is -0.629. The van der Waals surface area contributed by atoms with Gasteiger partial charge in [0.2, 0.25) is 0 Å². The third kappa shape index (κ3) is 3.96. The highest BCUT2D eigenvalue weighted by Crippen LogP contribution is 2.36. The molecule has 0 radical (unpaired) electrons. The first-order chi connectivity index (χ1) is 8.95. The Morgan fingerprint density at radius 3 is 2.42 bits per heavy atom. The molecule has 3 atom stereocenters. The summed E-state index contributed by atoms with van der Waals surface area (Å²) < 4.78 is 26.1. The van der Waals surface area contributed by atoms with Crippen molar-refractivity contribution in [3.63, 3.8) is 0 Å². The van der Waals surface area contributed by atoms with E-state index in [1.54, 1.807) is 23.5 Å². The average Bonchev–Trinajstić information content (AvgIpc) is 2.31. The molecule has 104 valence electrons. The number of thioether (sulfide) groups is 2. The van der Waals surface area contributed by atoms with E-state index in [-0.39, 0.29) is 17.5 Å². The highest BCUT2D eigenvalue weighted by Gasteiger charge is 2.30. The van der Waals surface area contributed by atoms with Crippen molar-refractivity contribution in [2.45, 2.75) is 36.0 Å². The maximum atomic E-state index is 13.1. The van der Waals surface area contributed by atoms with Crippen LogP contribution in [0.5, 0.6) is 0 Å². The average molecular weight is 302 g/mol. The standard InChI is InChI=1S/C14H16F2OS2/c1-8-9(2)19-14(7-18-8)13(17)5-10-3-11(15)6-12(16)4-10/h3-4,6,8-9,14H,5,7H2,1-2H3. The van der Waals surface area contributed by atoms with Crippen LogP contribution in [0, 0.1) is 11.6 Å². The molecule has 0 aromatic heterocycles. The van der Waals surface area contributed by atoms with E-state index >= 15 is 0 Å². The molecule has 0 aliphatic carbocycles. The smallest absolute Gasteiger partial charge is 0.151 e. The van der Waals surface area contributed by atoms with Gasteiger partial charge in [-0.1, -0.05) is 13.8 Å². The maximum absolute atomic E-state index is 13.1. The van der Waals surface area contributed by atoms with Crippen molar-refractivity contribution in [1.29, 1.82) is 0 Å². The van der Waals surface area contributed by atoms with Crippen LogP contribution in [-0.4, -0.2) is 27.3 Å². The molecule has 1 aromatic carbocycles. The van der Waals surface area contributed by atoms with Gasteiger partial charge in [0.05, 0.1) is 5.25 Å². The summed E-state index contributed by atoms with van der Waals surface area (Å²) in [5.74, 6) is -0.417. The summed E-state index contributed by atoms with van der Waals surface area (Å²) in [4.78, 5) is 12.2. The summed E-state index contributed by atoms with van der Waals surface area (Å²) >= 11 is 3.46. The lowest BCUT2D eigenvalue weighted by Crippen LogP contribution is -2.32. The minimum Gasteiger partial charge on any atom is -0.298 e. The van der Waals surface area contributed by atoms with Crippen LogP contribution < -0.4 is 0 Å². The molecule has 0 amide bonds. The Morgan fingerprint density at radius 2 is 1.84 bits per heavy atom. The molecule has 2 rings (SSSR count). The zero-order chi connectivity index (χ0) is 14.0. The first-order valence-corrected chi connectivity index (χ1v) is 8.19. The number of hydrogen-bond acceptors (Lipinski definition) is 3. The summed E-state index contributed by atoms with van der Waals surface area (Å²) in [7, 11) is 0. The molecule has 0 bridgehead atoms. The Labute approximate surface area is 120 Å². The molecule has 5 heteroatoms. The van der Waals surface area contributed by atoms with Gasteiger partial charge in [0, 0.05) is 28.7 Å². The van der Waals surface area contributed by atoms with Crippen molar-refractivity contribution in [1.82, 2.24) is 0 Å². The Kier molecular flexibility index (Phi) is 4.90. The summed E-state index contributed by atoms with van der Waals surface area (Å²) in [6.45, 7) is 4.27.